The number of thiophene rings is 5. The monoisotopic (exact) mass is 2240 g/mol. The minimum atomic E-state index is -2.57. The second-order valence-corrected chi connectivity index (χ2v) is 51.6. The van der Waals surface area contributed by atoms with Crippen molar-refractivity contribution in [2.24, 2.45) is 21.2 Å². The van der Waals surface area contributed by atoms with Crippen LogP contribution in [0.2, 0.25) is 5.15 Å². The van der Waals surface area contributed by atoms with Crippen LogP contribution in [0, 0.1) is 16.2 Å². The first-order valence-electron chi connectivity index (χ1n) is 47.4. The molecule has 0 spiro atoms. The van der Waals surface area contributed by atoms with Crippen molar-refractivity contribution in [2.75, 3.05) is 154 Å². The van der Waals surface area contributed by atoms with Crippen molar-refractivity contribution in [3.8, 4) is 5.75 Å². The van der Waals surface area contributed by atoms with E-state index in [9.17, 15) is 40.7 Å². The Morgan fingerprint density at radius 3 is 1.14 bits per heavy atom. The van der Waals surface area contributed by atoms with Crippen LogP contribution in [0.4, 0.5) is 69.2 Å². The molecule has 8 aliphatic rings. The molecule has 0 bridgehead atoms. The van der Waals surface area contributed by atoms with Gasteiger partial charge in [-0.05, 0) is 233 Å². The Bertz CT molecular complexity index is 5990. The van der Waals surface area contributed by atoms with E-state index in [-0.39, 0.29) is 67.7 Å². The first-order valence-corrected chi connectivity index (χ1v) is 54.2. The van der Waals surface area contributed by atoms with Gasteiger partial charge in [-0.1, -0.05) is 65.3 Å². The number of halogens is 10. The highest BCUT2D eigenvalue weighted by Gasteiger charge is 2.44. The molecule has 0 saturated carbocycles. The number of nitrogens with zero attached hydrogens (tertiary/aromatic N) is 19. The number of anilines is 6. The summed E-state index contributed by atoms with van der Waals surface area (Å²) in [6.07, 6.45) is 16.2. The Balaban J connectivity index is 0.000000149. The fraction of sp³-hybridized carbons (Fsp3) is 0.602. The standard InChI is InChI=1S/C22H31F2N5O2S.C18H24F2N4S.C17H23BrN4O2S.C13H16BrN3S.C10H11NO2.C7H15N.C6H2BrClN2S.C5H9F2N/c1-20(2,3)31-19(30)29-11-10-28(13-21(29,4)5)18-17-15(25-14-26-18)12-16(32-17)27-8-6-22(23,24)7-9-27;1-17(2)4-3-7-24(11-17)16-15-13(21-12-22-16)10-14(25-15)23-8-5-18(19,20)6-9-23;1-16(2,3)24-15(23)22-7-6-21(9-17(22,4)5)14-13-11(19-10-20-14)8-12(18)25-13;1-13(2)4-3-5-17(7-13)12-11-9(15-8-16-12)6-10(14)18-11;1-8(11-7-12)9-4-3-5-10(6-9)13-2;1-7(2)4-3-5-8-6-7;7-4-1-3-5(11-4)6(8)10-2-9-3;6-5(7)1-3-8-4-2-5/h12,14H,6-11,13H2,1-5H3;10,12H,3-9,11H2,1-2H3;8,10H,6-7,9H2,1-5H3;6,8H,3-5,7H2,1-2H3;3-6,8H,1-2H3;8H,3-6H2,1-2H3;1-2H;8H,1-4H2/t;;;;8-;;;/m....0.../s1. The van der Waals surface area contributed by atoms with Gasteiger partial charge >= 0.3 is 12.2 Å². The number of methoxy groups -OCH3 is 1. The zero-order valence-corrected chi connectivity index (χ0v) is 92.7. The molecule has 0 aliphatic carbocycles. The van der Waals surface area contributed by atoms with E-state index in [2.05, 4.69) is 199 Å². The second-order valence-electron chi connectivity index (χ2n) is 41.9. The van der Waals surface area contributed by atoms with Gasteiger partial charge in [-0.3, -0.25) is 9.80 Å². The number of carbonyl (C=O) groups is 2. The molecule has 8 aliphatic heterocycles. The summed E-state index contributed by atoms with van der Waals surface area (Å²) in [6, 6.07) is 17.3. The number of ether oxygens (including phenoxy) is 3. The Hall–Kier alpha value is -7.83. The number of amides is 2. The molecular weight excluding hydrogens is 2120 g/mol. The summed E-state index contributed by atoms with van der Waals surface area (Å²) in [4.78, 5) is 99.3. The third kappa shape index (κ3) is 31.4. The zero-order chi connectivity index (χ0) is 102. The Morgan fingerprint density at radius 1 is 0.436 bits per heavy atom. The molecular formula is C98H131Br3ClF6N21O6S5. The number of isocyanates is 1. The summed E-state index contributed by atoms with van der Waals surface area (Å²) in [5.74, 6) is -2.85. The molecule has 11 aromatic rings. The topological polar surface area (TPSA) is 270 Å². The van der Waals surface area contributed by atoms with Crippen LogP contribution >= 0.6 is 116 Å². The van der Waals surface area contributed by atoms with Crippen molar-refractivity contribution < 1.29 is 54.9 Å². The number of carbonyl (C=O) groups excluding carboxylic acids is 3. The predicted molar refractivity (Wildman–Crippen MR) is 569 cm³/mol. The Labute approximate surface area is 867 Å². The van der Waals surface area contributed by atoms with Crippen LogP contribution in [0.25, 0.3) is 51.1 Å². The number of aromatic nitrogens is 10. The van der Waals surface area contributed by atoms with Crippen LogP contribution < -0.4 is 44.8 Å². The number of fused-ring (bicyclic) bond motifs is 5. The molecule has 1 aromatic carbocycles. The molecule has 8 fully saturated rings. The van der Waals surface area contributed by atoms with Gasteiger partial charge < -0.3 is 54.2 Å². The molecule has 42 heteroatoms. The van der Waals surface area contributed by atoms with Gasteiger partial charge in [0.15, 0.2) is 0 Å². The van der Waals surface area contributed by atoms with Gasteiger partial charge in [-0.15, -0.1) is 56.7 Å². The second kappa shape index (κ2) is 47.1. The van der Waals surface area contributed by atoms with Gasteiger partial charge in [-0.25, -0.2) is 90.6 Å². The molecule has 18 heterocycles. The average molecular weight is 2250 g/mol. The van der Waals surface area contributed by atoms with Gasteiger partial charge in [-0.2, -0.15) is 4.99 Å². The molecule has 8 saturated heterocycles. The molecule has 1 atom stereocenters. The van der Waals surface area contributed by atoms with Gasteiger partial charge in [0.1, 0.15) is 77.0 Å². The van der Waals surface area contributed by atoms with Crippen molar-refractivity contribution in [3.05, 3.63) is 108 Å². The van der Waals surface area contributed by atoms with E-state index < -0.39 is 34.5 Å². The Morgan fingerprint density at radius 2 is 0.800 bits per heavy atom. The number of hydrogen-bond acceptors (Lipinski definition) is 30. The third-order valence-corrected chi connectivity index (χ3v) is 32.6. The van der Waals surface area contributed by atoms with Gasteiger partial charge in [0.2, 0.25) is 6.08 Å². The number of piperidine rings is 6. The van der Waals surface area contributed by atoms with Gasteiger partial charge in [0, 0.05) is 150 Å². The highest BCUT2D eigenvalue weighted by Crippen LogP contribution is 2.46. The summed E-state index contributed by atoms with van der Waals surface area (Å²) in [6.45, 7) is 47.9. The van der Waals surface area contributed by atoms with E-state index >= 15 is 0 Å². The summed E-state index contributed by atoms with van der Waals surface area (Å²) in [7, 11) is 1.60. The number of rotatable bonds is 9. The van der Waals surface area contributed by atoms with Gasteiger partial charge in [0.25, 0.3) is 17.8 Å². The fourth-order valence-electron chi connectivity index (χ4n) is 17.6. The minimum Gasteiger partial charge on any atom is -0.497 e. The van der Waals surface area contributed by atoms with E-state index in [0.29, 0.717) is 94.5 Å². The summed E-state index contributed by atoms with van der Waals surface area (Å²) in [5, 5.41) is 8.73. The minimum absolute atomic E-state index is 0.00694. The van der Waals surface area contributed by atoms with Crippen molar-refractivity contribution in [2.45, 2.75) is 241 Å². The smallest absolute Gasteiger partial charge is 0.410 e. The largest absolute Gasteiger partial charge is 0.497 e. The van der Waals surface area contributed by atoms with E-state index in [1.807, 2.05) is 121 Å². The lowest BCUT2D eigenvalue weighted by Gasteiger charge is -2.47. The zero-order valence-electron chi connectivity index (χ0n) is 83.1. The van der Waals surface area contributed by atoms with Crippen LogP contribution in [0.1, 0.15) is 206 Å². The highest BCUT2D eigenvalue weighted by molar-refractivity contribution is 9.11. The van der Waals surface area contributed by atoms with Crippen LogP contribution in [0.3, 0.4) is 0 Å². The molecule has 140 heavy (non-hydrogen) atoms. The van der Waals surface area contributed by atoms with Crippen LogP contribution in [0.15, 0.2) is 103 Å². The maximum Gasteiger partial charge on any atom is 0.410 e. The fourth-order valence-corrected chi connectivity index (χ4v) is 24.8. The van der Waals surface area contributed by atoms with E-state index in [1.165, 1.54) is 73.6 Å². The molecule has 27 nitrogen and oxygen atoms in total. The highest BCUT2D eigenvalue weighted by atomic mass is 79.9. The summed E-state index contributed by atoms with van der Waals surface area (Å²) < 4.78 is 103. The third-order valence-electron chi connectivity index (χ3n) is 24.9. The molecule has 0 unspecified atom stereocenters. The average Bonchev–Trinajstić information content (AvgIpc) is 1.62. The van der Waals surface area contributed by atoms with Crippen LogP contribution in [-0.2, 0) is 14.3 Å². The SMILES string of the molecule is CC(C)(C)OC(=O)N1CCN(c2ncnc3cc(Br)sc23)CC1(C)C.CC(C)(C)OC(=O)N1CCN(c2ncnc3cc(N4CCC(F)(F)CC4)sc23)CC1(C)C.CC1(C)CCCN(c2ncnc3cc(Br)sc23)C1.CC1(C)CCCN(c2ncnc3cc(N4CCC(F)(F)CC4)sc23)C1.CC1(C)CCCNC1.COc1cccc([C@H](C)N=C=O)c1.Clc1ncnc2cc(Br)sc12.FC1(F)CCNCC1. The maximum atomic E-state index is 13.6. The van der Waals surface area contributed by atoms with Crippen molar-refractivity contribution in [1.29, 1.82) is 0 Å². The lowest BCUT2D eigenvalue weighted by molar-refractivity contribution is -0.0275. The van der Waals surface area contributed by atoms with Crippen LogP contribution in [-0.4, -0.2) is 243 Å². The molecule has 10 aromatic heterocycles. The Kier molecular flexibility index (Phi) is 37.3. The number of hydrogen-bond donors (Lipinski definition) is 2. The molecule has 2 N–H and O–H groups in total. The summed E-state index contributed by atoms with van der Waals surface area (Å²) in [5.41, 5.74) is 4.95. The van der Waals surface area contributed by atoms with Crippen molar-refractivity contribution in [1.82, 2.24) is 70.3 Å². The number of benzene rings is 1. The maximum absolute atomic E-state index is 13.6. The molecule has 0 radical (unpaired) electrons. The predicted octanol–water partition coefficient (Wildman–Crippen LogP) is 25.3. The lowest BCUT2D eigenvalue weighted by atomic mass is 9.84. The number of aliphatic imine (C=N–C) groups is 1. The molecule has 19 rings (SSSR count). The quantitative estimate of drug-likeness (QED) is 0.0588. The van der Waals surface area contributed by atoms with E-state index in [4.69, 9.17) is 25.8 Å². The first-order chi connectivity index (χ1) is 65.8. The normalized spacial score (nSPS) is 19.7. The van der Waals surface area contributed by atoms with Gasteiger partial charge in [0.05, 0.1) is 96.7 Å². The molecule has 2 amide bonds. The van der Waals surface area contributed by atoms with Crippen molar-refractivity contribution >= 4 is 219 Å². The summed E-state index contributed by atoms with van der Waals surface area (Å²) >= 11 is 24.3. The number of nitrogens with one attached hydrogen (secondary N) is 2. The first kappa shape index (κ1) is 111. The number of piperazine rings is 2. The number of alkyl halides is 6. The van der Waals surface area contributed by atoms with Crippen LogP contribution in [0.5, 0.6) is 5.75 Å². The van der Waals surface area contributed by atoms with E-state index in [1.54, 1.807) is 82.7 Å². The van der Waals surface area contributed by atoms with E-state index in [0.717, 1.165) is 135 Å². The lowest BCUT2D eigenvalue weighted by Crippen LogP contribution is -2.62. The van der Waals surface area contributed by atoms with Crippen molar-refractivity contribution in [3.63, 3.8) is 0 Å². The molecule has 764 valence electrons.